The Kier molecular flexibility index (Phi) is 5.46. The van der Waals surface area contributed by atoms with Gasteiger partial charge in [-0.1, -0.05) is 13.8 Å². The fourth-order valence-electron chi connectivity index (χ4n) is 2.57. The normalized spacial score (nSPS) is 19.1. The Morgan fingerprint density at radius 1 is 1.37 bits per heavy atom. The summed E-state index contributed by atoms with van der Waals surface area (Å²) < 4.78 is 1.20. The molecular formula is C15H25BrN2S. The van der Waals surface area contributed by atoms with Gasteiger partial charge >= 0.3 is 0 Å². The van der Waals surface area contributed by atoms with Gasteiger partial charge in [0.1, 0.15) is 0 Å². The Balaban J connectivity index is 2.14. The lowest BCUT2D eigenvalue weighted by atomic mass is 10.0. The first kappa shape index (κ1) is 15.5. The molecule has 1 saturated carbocycles. The summed E-state index contributed by atoms with van der Waals surface area (Å²) in [6.45, 7) is 7.91. The molecule has 1 aromatic heterocycles. The van der Waals surface area contributed by atoms with Crippen LogP contribution in [0, 0.1) is 5.92 Å². The van der Waals surface area contributed by atoms with Crippen molar-refractivity contribution in [1.29, 1.82) is 0 Å². The third-order valence-corrected chi connectivity index (χ3v) is 5.42. The van der Waals surface area contributed by atoms with Gasteiger partial charge in [0.2, 0.25) is 0 Å². The molecule has 19 heavy (non-hydrogen) atoms. The summed E-state index contributed by atoms with van der Waals surface area (Å²) in [5, 5.41) is 0. The average molecular weight is 345 g/mol. The number of nitrogens with two attached hydrogens (primary N) is 1. The second kappa shape index (κ2) is 6.70. The number of hydrogen-bond acceptors (Lipinski definition) is 3. The standard InChI is InChI=1S/C15H25BrN2S/c1-10(2)8-9-18(12-4-5-12)15(11(3)17)13-6-7-14(16)19-13/h6-7,10-12,15H,4-5,8-9,17H2,1-3H3. The van der Waals surface area contributed by atoms with Crippen molar-refractivity contribution in [2.75, 3.05) is 6.54 Å². The highest BCUT2D eigenvalue weighted by atomic mass is 79.9. The van der Waals surface area contributed by atoms with Gasteiger partial charge in [0.15, 0.2) is 0 Å². The maximum absolute atomic E-state index is 6.30. The molecule has 0 radical (unpaired) electrons. The van der Waals surface area contributed by atoms with Crippen molar-refractivity contribution < 1.29 is 0 Å². The van der Waals surface area contributed by atoms with Crippen molar-refractivity contribution in [3.63, 3.8) is 0 Å². The lowest BCUT2D eigenvalue weighted by Gasteiger charge is -2.34. The smallest absolute Gasteiger partial charge is 0.0702 e. The van der Waals surface area contributed by atoms with Crippen LogP contribution in [-0.2, 0) is 0 Å². The van der Waals surface area contributed by atoms with E-state index in [2.05, 4.69) is 53.7 Å². The van der Waals surface area contributed by atoms with Crippen LogP contribution in [0.15, 0.2) is 15.9 Å². The van der Waals surface area contributed by atoms with Crippen LogP contribution in [-0.4, -0.2) is 23.5 Å². The maximum atomic E-state index is 6.30. The predicted molar refractivity (Wildman–Crippen MR) is 87.6 cm³/mol. The van der Waals surface area contributed by atoms with E-state index < -0.39 is 0 Å². The lowest BCUT2D eigenvalue weighted by molar-refractivity contribution is 0.160. The van der Waals surface area contributed by atoms with E-state index in [1.807, 2.05) is 11.3 Å². The summed E-state index contributed by atoms with van der Waals surface area (Å²) in [4.78, 5) is 4.06. The topological polar surface area (TPSA) is 29.3 Å². The summed E-state index contributed by atoms with van der Waals surface area (Å²) >= 11 is 5.40. The highest BCUT2D eigenvalue weighted by Crippen LogP contribution is 2.39. The molecule has 2 nitrogen and oxygen atoms in total. The van der Waals surface area contributed by atoms with Gasteiger partial charge in [-0.15, -0.1) is 11.3 Å². The van der Waals surface area contributed by atoms with Gasteiger partial charge in [-0.05, 0) is 66.7 Å². The van der Waals surface area contributed by atoms with E-state index in [1.54, 1.807) is 0 Å². The van der Waals surface area contributed by atoms with Gasteiger partial charge in [-0.25, -0.2) is 0 Å². The summed E-state index contributed by atoms with van der Waals surface area (Å²) in [6, 6.07) is 5.69. The van der Waals surface area contributed by atoms with Gasteiger partial charge in [-0.3, -0.25) is 4.90 Å². The average Bonchev–Trinajstić information content (AvgIpc) is 3.07. The summed E-state index contributed by atoms with van der Waals surface area (Å²) in [7, 11) is 0. The van der Waals surface area contributed by atoms with Crippen molar-refractivity contribution in [3.8, 4) is 0 Å². The Bertz CT molecular complexity index is 399. The van der Waals surface area contributed by atoms with Gasteiger partial charge in [-0.2, -0.15) is 0 Å². The number of hydrogen-bond donors (Lipinski definition) is 1. The largest absolute Gasteiger partial charge is 0.326 e. The molecule has 0 aromatic carbocycles. The van der Waals surface area contributed by atoms with Crippen LogP contribution >= 0.6 is 27.3 Å². The summed E-state index contributed by atoms with van der Waals surface area (Å²) in [5.41, 5.74) is 6.30. The van der Waals surface area contributed by atoms with E-state index in [4.69, 9.17) is 5.73 Å². The molecule has 4 heteroatoms. The highest BCUT2D eigenvalue weighted by Gasteiger charge is 2.36. The molecule has 1 heterocycles. The first-order chi connectivity index (χ1) is 8.99. The third-order valence-electron chi connectivity index (χ3n) is 3.72. The van der Waals surface area contributed by atoms with Gasteiger partial charge in [0.05, 0.1) is 9.83 Å². The van der Waals surface area contributed by atoms with Crippen molar-refractivity contribution in [2.45, 2.75) is 58.2 Å². The minimum atomic E-state index is 0.179. The fourth-order valence-corrected chi connectivity index (χ4v) is 4.24. The molecule has 0 amide bonds. The number of rotatable bonds is 7. The zero-order valence-corrected chi connectivity index (χ0v) is 14.5. The minimum Gasteiger partial charge on any atom is -0.326 e. The first-order valence-electron chi connectivity index (χ1n) is 7.25. The van der Waals surface area contributed by atoms with Gasteiger partial charge < -0.3 is 5.73 Å². The van der Waals surface area contributed by atoms with Gasteiger partial charge in [0, 0.05) is 17.0 Å². The lowest BCUT2D eigenvalue weighted by Crippen LogP contribution is -2.41. The Morgan fingerprint density at radius 2 is 2.05 bits per heavy atom. The van der Waals surface area contributed by atoms with E-state index in [0.717, 1.165) is 12.0 Å². The number of nitrogens with zero attached hydrogens (tertiary/aromatic N) is 1. The van der Waals surface area contributed by atoms with Crippen LogP contribution in [0.4, 0.5) is 0 Å². The Labute approximate surface area is 129 Å². The van der Waals surface area contributed by atoms with Crippen LogP contribution < -0.4 is 5.73 Å². The molecule has 2 unspecified atom stereocenters. The number of thiophene rings is 1. The highest BCUT2D eigenvalue weighted by molar-refractivity contribution is 9.11. The molecule has 0 saturated heterocycles. The number of halogens is 1. The van der Waals surface area contributed by atoms with E-state index >= 15 is 0 Å². The maximum Gasteiger partial charge on any atom is 0.0702 e. The van der Waals surface area contributed by atoms with E-state index in [9.17, 15) is 0 Å². The second-order valence-corrected chi connectivity index (χ2v) is 8.59. The molecule has 0 spiro atoms. The molecule has 0 aliphatic heterocycles. The van der Waals surface area contributed by atoms with E-state index in [1.165, 1.54) is 34.5 Å². The minimum absolute atomic E-state index is 0.179. The van der Waals surface area contributed by atoms with Crippen molar-refractivity contribution in [3.05, 3.63) is 20.8 Å². The molecule has 1 aliphatic rings. The van der Waals surface area contributed by atoms with Crippen molar-refractivity contribution in [2.24, 2.45) is 11.7 Å². The Morgan fingerprint density at radius 3 is 2.47 bits per heavy atom. The monoisotopic (exact) mass is 344 g/mol. The molecule has 2 rings (SSSR count). The molecule has 0 bridgehead atoms. The first-order valence-corrected chi connectivity index (χ1v) is 8.86. The molecule has 2 atom stereocenters. The fraction of sp³-hybridized carbons (Fsp3) is 0.733. The molecule has 108 valence electrons. The van der Waals surface area contributed by atoms with Gasteiger partial charge in [0.25, 0.3) is 0 Å². The Hall–Kier alpha value is 0.1000. The molecule has 2 N–H and O–H groups in total. The molecule has 1 aliphatic carbocycles. The van der Waals surface area contributed by atoms with Crippen LogP contribution in [0.1, 0.15) is 51.0 Å². The summed E-state index contributed by atoms with van der Waals surface area (Å²) in [6.07, 6.45) is 3.94. The summed E-state index contributed by atoms with van der Waals surface area (Å²) in [5.74, 6) is 0.755. The second-order valence-electron chi connectivity index (χ2n) is 6.10. The SMILES string of the molecule is CC(C)CCN(C1CC1)C(c1ccc(Br)s1)C(C)N. The van der Waals surface area contributed by atoms with Crippen LogP contribution in [0.3, 0.4) is 0 Å². The van der Waals surface area contributed by atoms with E-state index in [0.29, 0.717) is 6.04 Å². The van der Waals surface area contributed by atoms with Crippen LogP contribution in [0.5, 0.6) is 0 Å². The zero-order valence-electron chi connectivity index (χ0n) is 12.1. The van der Waals surface area contributed by atoms with Crippen molar-refractivity contribution in [1.82, 2.24) is 4.90 Å². The third kappa shape index (κ3) is 4.28. The van der Waals surface area contributed by atoms with Crippen molar-refractivity contribution >= 4 is 27.3 Å². The molecule has 1 aromatic rings. The van der Waals surface area contributed by atoms with Crippen LogP contribution in [0.2, 0.25) is 0 Å². The van der Waals surface area contributed by atoms with E-state index in [-0.39, 0.29) is 6.04 Å². The predicted octanol–water partition coefficient (Wildman–Crippen LogP) is 4.41. The zero-order chi connectivity index (χ0) is 14.0. The molecular weight excluding hydrogens is 320 g/mol. The quantitative estimate of drug-likeness (QED) is 0.793. The molecule has 1 fully saturated rings. The van der Waals surface area contributed by atoms with Crippen LogP contribution in [0.25, 0.3) is 0 Å².